The highest BCUT2D eigenvalue weighted by Crippen LogP contribution is 2.22. The fraction of sp³-hybridized carbons (Fsp3) is 1.00. The predicted octanol–water partition coefficient (Wildman–Crippen LogP) is 1.21. The molecule has 1 aliphatic rings. The molecule has 1 saturated carbocycles. The van der Waals surface area contributed by atoms with Gasteiger partial charge in [-0.25, -0.2) is 0 Å². The quantitative estimate of drug-likeness (QED) is 0.651. The smallest absolute Gasteiger partial charge is 0.0110 e. The summed E-state index contributed by atoms with van der Waals surface area (Å²) in [7, 11) is 2.20. The minimum absolute atomic E-state index is 0.459. The van der Waals surface area contributed by atoms with Gasteiger partial charge in [-0.15, -0.1) is 0 Å². The van der Waals surface area contributed by atoms with E-state index in [0.29, 0.717) is 12.1 Å². The van der Waals surface area contributed by atoms with Crippen LogP contribution in [0.5, 0.6) is 0 Å². The fourth-order valence-electron chi connectivity index (χ4n) is 1.78. The van der Waals surface area contributed by atoms with Crippen molar-refractivity contribution in [1.82, 2.24) is 4.90 Å². The van der Waals surface area contributed by atoms with Gasteiger partial charge in [-0.2, -0.15) is 0 Å². The first kappa shape index (κ1) is 9.01. The summed E-state index contributed by atoms with van der Waals surface area (Å²) in [5, 5.41) is 0. The lowest BCUT2D eigenvalue weighted by Crippen LogP contribution is -2.36. The second-order valence-corrected chi connectivity index (χ2v) is 3.99. The van der Waals surface area contributed by atoms with Gasteiger partial charge >= 0.3 is 0 Å². The Morgan fingerprint density at radius 2 is 2.00 bits per heavy atom. The summed E-state index contributed by atoms with van der Waals surface area (Å²) in [5.74, 6) is 0. The lowest BCUT2D eigenvalue weighted by Gasteiger charge is -2.27. The minimum atomic E-state index is 0.459. The van der Waals surface area contributed by atoms with Crippen LogP contribution >= 0.6 is 0 Å². The van der Waals surface area contributed by atoms with Crippen LogP contribution in [0.25, 0.3) is 0 Å². The van der Waals surface area contributed by atoms with Crippen LogP contribution in [-0.4, -0.2) is 30.1 Å². The SMILES string of the molecule is CC(C)N(C)C1CCC(N)C1. The first-order valence-corrected chi connectivity index (χ1v) is 4.58. The molecule has 0 aromatic heterocycles. The predicted molar refractivity (Wildman–Crippen MR) is 48.5 cm³/mol. The Kier molecular flexibility index (Phi) is 2.90. The zero-order chi connectivity index (χ0) is 8.43. The summed E-state index contributed by atoms with van der Waals surface area (Å²) < 4.78 is 0. The van der Waals surface area contributed by atoms with Crippen molar-refractivity contribution in [3.05, 3.63) is 0 Å². The molecule has 1 aliphatic carbocycles. The standard InChI is InChI=1S/C9H20N2/c1-7(2)11(3)9-5-4-8(10)6-9/h7-9H,4-6,10H2,1-3H3. The molecule has 1 fully saturated rings. The van der Waals surface area contributed by atoms with Crippen LogP contribution in [0.15, 0.2) is 0 Å². The third-order valence-electron chi connectivity index (χ3n) is 2.84. The Morgan fingerprint density at radius 3 is 2.36 bits per heavy atom. The van der Waals surface area contributed by atoms with Gasteiger partial charge in [0.1, 0.15) is 0 Å². The van der Waals surface area contributed by atoms with Crippen LogP contribution in [0.3, 0.4) is 0 Å². The molecule has 0 aromatic carbocycles. The molecule has 0 spiro atoms. The monoisotopic (exact) mass is 156 g/mol. The number of nitrogens with two attached hydrogens (primary N) is 1. The van der Waals surface area contributed by atoms with Gasteiger partial charge in [-0.3, -0.25) is 0 Å². The summed E-state index contributed by atoms with van der Waals surface area (Å²) in [6, 6.07) is 1.86. The topological polar surface area (TPSA) is 29.3 Å². The van der Waals surface area contributed by atoms with E-state index in [1.807, 2.05) is 0 Å². The van der Waals surface area contributed by atoms with Crippen molar-refractivity contribution >= 4 is 0 Å². The molecule has 0 bridgehead atoms. The van der Waals surface area contributed by atoms with Gasteiger partial charge in [0.25, 0.3) is 0 Å². The van der Waals surface area contributed by atoms with Crippen molar-refractivity contribution in [3.8, 4) is 0 Å². The van der Waals surface area contributed by atoms with Crippen molar-refractivity contribution in [2.24, 2.45) is 5.73 Å². The van der Waals surface area contributed by atoms with E-state index in [2.05, 4.69) is 25.8 Å². The van der Waals surface area contributed by atoms with Gasteiger partial charge in [0.15, 0.2) is 0 Å². The number of hydrogen-bond donors (Lipinski definition) is 1. The van der Waals surface area contributed by atoms with E-state index in [1.165, 1.54) is 19.3 Å². The first-order valence-electron chi connectivity index (χ1n) is 4.58. The van der Waals surface area contributed by atoms with E-state index >= 15 is 0 Å². The van der Waals surface area contributed by atoms with Crippen LogP contribution in [0.2, 0.25) is 0 Å². The number of nitrogens with zero attached hydrogens (tertiary/aromatic N) is 1. The molecule has 0 saturated heterocycles. The third-order valence-corrected chi connectivity index (χ3v) is 2.84. The van der Waals surface area contributed by atoms with Crippen LogP contribution in [-0.2, 0) is 0 Å². The number of rotatable bonds is 2. The van der Waals surface area contributed by atoms with Crippen molar-refractivity contribution in [2.45, 2.75) is 51.2 Å². The molecular formula is C9H20N2. The molecule has 0 aromatic rings. The maximum atomic E-state index is 5.84. The van der Waals surface area contributed by atoms with E-state index in [-0.39, 0.29) is 0 Å². The van der Waals surface area contributed by atoms with Crippen molar-refractivity contribution in [3.63, 3.8) is 0 Å². The molecular weight excluding hydrogens is 136 g/mol. The highest BCUT2D eigenvalue weighted by molar-refractivity contribution is 4.84. The Bertz CT molecular complexity index is 123. The minimum Gasteiger partial charge on any atom is -0.328 e. The highest BCUT2D eigenvalue weighted by Gasteiger charge is 2.25. The van der Waals surface area contributed by atoms with E-state index in [9.17, 15) is 0 Å². The van der Waals surface area contributed by atoms with Gasteiger partial charge in [0.2, 0.25) is 0 Å². The molecule has 2 atom stereocenters. The zero-order valence-electron chi connectivity index (χ0n) is 7.88. The van der Waals surface area contributed by atoms with Crippen molar-refractivity contribution in [1.29, 1.82) is 0 Å². The van der Waals surface area contributed by atoms with Crippen LogP contribution in [0.1, 0.15) is 33.1 Å². The molecule has 1 rings (SSSR count). The Balaban J connectivity index is 2.36. The summed E-state index contributed by atoms with van der Waals surface area (Å²) in [5.41, 5.74) is 5.84. The van der Waals surface area contributed by atoms with E-state index < -0.39 is 0 Å². The molecule has 11 heavy (non-hydrogen) atoms. The molecule has 0 amide bonds. The second-order valence-electron chi connectivity index (χ2n) is 3.99. The summed E-state index contributed by atoms with van der Waals surface area (Å²) in [4.78, 5) is 2.44. The highest BCUT2D eigenvalue weighted by atomic mass is 15.2. The largest absolute Gasteiger partial charge is 0.328 e. The lowest BCUT2D eigenvalue weighted by atomic mass is 10.2. The summed E-state index contributed by atoms with van der Waals surface area (Å²) in [6.45, 7) is 4.48. The normalized spacial score (nSPS) is 32.2. The maximum absolute atomic E-state index is 5.84. The molecule has 2 heteroatoms. The summed E-state index contributed by atoms with van der Waals surface area (Å²) in [6.07, 6.45) is 3.69. The van der Waals surface area contributed by atoms with Crippen LogP contribution in [0.4, 0.5) is 0 Å². The van der Waals surface area contributed by atoms with Gasteiger partial charge in [0, 0.05) is 18.1 Å². The average molecular weight is 156 g/mol. The Labute approximate surface area is 69.8 Å². The molecule has 66 valence electrons. The van der Waals surface area contributed by atoms with Crippen molar-refractivity contribution < 1.29 is 0 Å². The van der Waals surface area contributed by atoms with Crippen molar-refractivity contribution in [2.75, 3.05) is 7.05 Å². The zero-order valence-corrected chi connectivity index (χ0v) is 7.88. The van der Waals surface area contributed by atoms with Gasteiger partial charge in [0.05, 0.1) is 0 Å². The number of hydrogen-bond acceptors (Lipinski definition) is 2. The Hall–Kier alpha value is -0.0800. The lowest BCUT2D eigenvalue weighted by molar-refractivity contribution is 0.197. The van der Waals surface area contributed by atoms with Gasteiger partial charge in [-0.1, -0.05) is 0 Å². The van der Waals surface area contributed by atoms with Gasteiger partial charge < -0.3 is 10.6 Å². The van der Waals surface area contributed by atoms with E-state index in [4.69, 9.17) is 5.73 Å². The first-order chi connectivity index (χ1) is 5.11. The molecule has 0 heterocycles. The molecule has 2 unspecified atom stereocenters. The average Bonchev–Trinajstić information content (AvgIpc) is 2.34. The van der Waals surface area contributed by atoms with E-state index in [1.54, 1.807) is 0 Å². The molecule has 0 radical (unpaired) electrons. The van der Waals surface area contributed by atoms with Crippen LogP contribution < -0.4 is 5.73 Å². The third kappa shape index (κ3) is 2.17. The maximum Gasteiger partial charge on any atom is 0.0110 e. The molecule has 2 nitrogen and oxygen atoms in total. The Morgan fingerprint density at radius 1 is 1.36 bits per heavy atom. The van der Waals surface area contributed by atoms with Gasteiger partial charge in [-0.05, 0) is 40.2 Å². The molecule has 2 N–H and O–H groups in total. The second kappa shape index (κ2) is 3.55. The summed E-state index contributed by atoms with van der Waals surface area (Å²) >= 11 is 0. The van der Waals surface area contributed by atoms with E-state index in [0.717, 1.165) is 6.04 Å². The molecule has 0 aliphatic heterocycles. The van der Waals surface area contributed by atoms with Crippen LogP contribution in [0, 0.1) is 0 Å². The fourth-order valence-corrected chi connectivity index (χ4v) is 1.78.